The van der Waals surface area contributed by atoms with Crippen molar-refractivity contribution in [2.24, 2.45) is 0 Å². The summed E-state index contributed by atoms with van der Waals surface area (Å²) >= 11 is 22.4. The number of nitro groups is 1. The van der Waals surface area contributed by atoms with Crippen LogP contribution in [0.4, 0.5) is 5.69 Å². The van der Waals surface area contributed by atoms with Gasteiger partial charge in [-0.05, 0) is 6.07 Å². The SMILES string of the molecule is O=[N+]([O-])c1ccc(C(Cl)(Cl)Cl)c(Cl)c1. The van der Waals surface area contributed by atoms with Crippen LogP contribution < -0.4 is 0 Å². The number of alkyl halides is 3. The molecule has 0 aromatic heterocycles. The zero-order valence-corrected chi connectivity index (χ0v) is 9.53. The van der Waals surface area contributed by atoms with Crippen LogP contribution in [-0.4, -0.2) is 4.92 Å². The fourth-order valence-electron chi connectivity index (χ4n) is 0.847. The number of hydrogen-bond acceptors (Lipinski definition) is 2. The number of benzene rings is 1. The van der Waals surface area contributed by atoms with Crippen molar-refractivity contribution in [1.82, 2.24) is 0 Å². The summed E-state index contributed by atoms with van der Waals surface area (Å²) in [7, 11) is 0. The highest BCUT2D eigenvalue weighted by atomic mass is 35.6. The van der Waals surface area contributed by atoms with Gasteiger partial charge in [-0.3, -0.25) is 10.1 Å². The normalized spacial score (nSPS) is 11.4. The lowest BCUT2D eigenvalue weighted by atomic mass is 10.2. The first kappa shape index (κ1) is 11.9. The number of rotatable bonds is 1. The molecule has 0 spiro atoms. The van der Waals surface area contributed by atoms with Gasteiger partial charge in [-0.15, -0.1) is 0 Å². The second-order valence-electron chi connectivity index (χ2n) is 2.42. The van der Waals surface area contributed by atoms with E-state index in [9.17, 15) is 10.1 Å². The Bertz CT molecular complexity index is 374. The molecule has 0 amide bonds. The molecule has 0 fully saturated rings. The van der Waals surface area contributed by atoms with E-state index in [1.54, 1.807) is 0 Å². The molecule has 0 N–H and O–H groups in total. The van der Waals surface area contributed by atoms with Crippen molar-refractivity contribution in [3.05, 3.63) is 38.9 Å². The van der Waals surface area contributed by atoms with Gasteiger partial charge >= 0.3 is 0 Å². The second-order valence-corrected chi connectivity index (χ2v) is 5.11. The maximum Gasteiger partial charge on any atom is 0.270 e. The molecule has 0 heterocycles. The lowest BCUT2D eigenvalue weighted by Crippen LogP contribution is -2.01. The fraction of sp³-hybridized carbons (Fsp3) is 0.143. The molecule has 14 heavy (non-hydrogen) atoms. The molecule has 0 aliphatic rings. The summed E-state index contributed by atoms with van der Waals surface area (Å²) in [5, 5.41) is 10.4. The first-order chi connectivity index (χ1) is 6.32. The summed E-state index contributed by atoms with van der Waals surface area (Å²) in [4.78, 5) is 9.79. The van der Waals surface area contributed by atoms with Crippen molar-refractivity contribution < 1.29 is 4.92 Å². The van der Waals surface area contributed by atoms with E-state index in [2.05, 4.69) is 0 Å². The molecule has 0 unspecified atom stereocenters. The predicted molar refractivity (Wildman–Crippen MR) is 57.3 cm³/mol. The van der Waals surface area contributed by atoms with Gasteiger partial charge in [-0.25, -0.2) is 0 Å². The highest BCUT2D eigenvalue weighted by Gasteiger charge is 2.26. The summed E-state index contributed by atoms with van der Waals surface area (Å²) in [6.45, 7) is 0. The average molecular weight is 275 g/mol. The first-order valence-electron chi connectivity index (χ1n) is 3.33. The van der Waals surface area contributed by atoms with Crippen LogP contribution in [-0.2, 0) is 3.79 Å². The van der Waals surface area contributed by atoms with Gasteiger partial charge in [-0.2, -0.15) is 0 Å². The molecule has 1 rings (SSSR count). The van der Waals surface area contributed by atoms with E-state index in [-0.39, 0.29) is 16.3 Å². The van der Waals surface area contributed by atoms with E-state index in [0.717, 1.165) is 6.07 Å². The molecule has 1 aromatic rings. The largest absolute Gasteiger partial charge is 0.270 e. The third-order valence-electron chi connectivity index (χ3n) is 1.47. The Morgan fingerprint density at radius 3 is 2.21 bits per heavy atom. The summed E-state index contributed by atoms with van der Waals surface area (Å²) < 4.78 is -1.67. The van der Waals surface area contributed by atoms with Gasteiger partial charge < -0.3 is 0 Å². The van der Waals surface area contributed by atoms with Gasteiger partial charge in [0.15, 0.2) is 0 Å². The van der Waals surface area contributed by atoms with E-state index in [1.165, 1.54) is 12.1 Å². The van der Waals surface area contributed by atoms with Crippen molar-refractivity contribution in [2.75, 3.05) is 0 Å². The molecule has 0 saturated carbocycles. The minimum Gasteiger partial charge on any atom is -0.258 e. The lowest BCUT2D eigenvalue weighted by Gasteiger charge is -2.12. The zero-order valence-electron chi connectivity index (χ0n) is 6.51. The Morgan fingerprint density at radius 1 is 1.29 bits per heavy atom. The molecule has 0 bridgehead atoms. The van der Waals surface area contributed by atoms with Crippen molar-refractivity contribution in [3.63, 3.8) is 0 Å². The van der Waals surface area contributed by atoms with Crippen LogP contribution in [0.15, 0.2) is 18.2 Å². The first-order valence-corrected chi connectivity index (χ1v) is 4.84. The molecule has 0 radical (unpaired) electrons. The highest BCUT2D eigenvalue weighted by Crippen LogP contribution is 2.42. The van der Waals surface area contributed by atoms with E-state index in [1.807, 2.05) is 0 Å². The van der Waals surface area contributed by atoms with Crippen LogP contribution in [0, 0.1) is 10.1 Å². The Kier molecular flexibility index (Phi) is 3.48. The topological polar surface area (TPSA) is 43.1 Å². The number of nitrogens with zero attached hydrogens (tertiary/aromatic N) is 1. The summed E-state index contributed by atoms with van der Waals surface area (Å²) in [6, 6.07) is 3.68. The van der Waals surface area contributed by atoms with Crippen molar-refractivity contribution >= 4 is 52.1 Å². The zero-order chi connectivity index (χ0) is 10.9. The minimum absolute atomic E-state index is 0.0548. The predicted octanol–water partition coefficient (Wildman–Crippen LogP) is 4.07. The number of nitro benzene ring substituents is 1. The average Bonchev–Trinajstić information content (AvgIpc) is 2.01. The van der Waals surface area contributed by atoms with Crippen molar-refractivity contribution in [1.29, 1.82) is 0 Å². The van der Waals surface area contributed by atoms with Crippen LogP contribution in [0.3, 0.4) is 0 Å². The van der Waals surface area contributed by atoms with Gasteiger partial charge in [0, 0.05) is 17.7 Å². The Hall–Kier alpha value is -0.220. The molecule has 1 aromatic carbocycles. The van der Waals surface area contributed by atoms with Crippen LogP contribution >= 0.6 is 46.4 Å². The molecule has 76 valence electrons. The molecule has 0 atom stereocenters. The quantitative estimate of drug-likeness (QED) is 0.440. The fourth-order valence-corrected chi connectivity index (χ4v) is 1.80. The standard InChI is InChI=1S/C7H3Cl4NO2/c8-6-3-4(12(13)14)1-2-5(6)7(9,10)11/h1-3H. The number of non-ortho nitro benzene ring substituents is 1. The van der Waals surface area contributed by atoms with E-state index in [4.69, 9.17) is 46.4 Å². The van der Waals surface area contributed by atoms with Gasteiger partial charge in [-0.1, -0.05) is 46.4 Å². The maximum atomic E-state index is 10.4. The van der Waals surface area contributed by atoms with Crippen LogP contribution in [0.2, 0.25) is 5.02 Å². The molecular formula is C7H3Cl4NO2. The van der Waals surface area contributed by atoms with Gasteiger partial charge in [0.1, 0.15) is 0 Å². The van der Waals surface area contributed by atoms with Gasteiger partial charge in [0.05, 0.1) is 9.95 Å². The lowest BCUT2D eigenvalue weighted by molar-refractivity contribution is -0.384. The molecule has 7 heteroatoms. The Morgan fingerprint density at radius 2 is 1.86 bits per heavy atom. The van der Waals surface area contributed by atoms with Gasteiger partial charge in [0.25, 0.3) is 5.69 Å². The maximum absolute atomic E-state index is 10.4. The molecule has 0 aliphatic heterocycles. The monoisotopic (exact) mass is 273 g/mol. The second kappa shape index (κ2) is 4.11. The molecule has 3 nitrogen and oxygen atoms in total. The van der Waals surface area contributed by atoms with E-state index in [0.29, 0.717) is 0 Å². The van der Waals surface area contributed by atoms with Crippen LogP contribution in [0.1, 0.15) is 5.56 Å². The minimum atomic E-state index is -1.67. The Balaban J connectivity index is 3.21. The van der Waals surface area contributed by atoms with Crippen LogP contribution in [0.5, 0.6) is 0 Å². The third kappa shape index (κ3) is 2.64. The van der Waals surface area contributed by atoms with E-state index < -0.39 is 8.72 Å². The molecule has 0 saturated heterocycles. The number of halogens is 4. The highest BCUT2D eigenvalue weighted by molar-refractivity contribution is 6.67. The summed E-state index contributed by atoms with van der Waals surface area (Å²) in [5.41, 5.74) is 0.0720. The molecule has 0 aliphatic carbocycles. The van der Waals surface area contributed by atoms with Crippen molar-refractivity contribution in [2.45, 2.75) is 3.79 Å². The third-order valence-corrected chi connectivity index (χ3v) is 2.39. The smallest absolute Gasteiger partial charge is 0.258 e. The van der Waals surface area contributed by atoms with Crippen molar-refractivity contribution in [3.8, 4) is 0 Å². The number of hydrogen-bond donors (Lipinski definition) is 0. The summed E-state index contributed by atoms with van der Waals surface area (Å²) in [5.74, 6) is 0. The van der Waals surface area contributed by atoms with E-state index >= 15 is 0 Å². The van der Waals surface area contributed by atoms with Gasteiger partial charge in [0.2, 0.25) is 3.79 Å². The summed E-state index contributed by atoms with van der Waals surface area (Å²) in [6.07, 6.45) is 0. The molecular weight excluding hydrogens is 272 g/mol. The van der Waals surface area contributed by atoms with Crippen LogP contribution in [0.25, 0.3) is 0 Å². The Labute approximate surface area is 99.7 Å².